The van der Waals surface area contributed by atoms with Gasteiger partial charge in [0.25, 0.3) is 0 Å². The number of rotatable bonds is 26. The van der Waals surface area contributed by atoms with E-state index in [0.29, 0.717) is 18.2 Å². The number of esters is 6. The van der Waals surface area contributed by atoms with Crippen molar-refractivity contribution in [2.45, 2.75) is 131 Å². The van der Waals surface area contributed by atoms with Crippen LogP contribution in [0.4, 0.5) is 111 Å². The summed E-state index contributed by atoms with van der Waals surface area (Å²) in [7, 11) is 8.90. The minimum Gasteiger partial charge on any atom is -0.748 e. The maximum atomic E-state index is 13.5. The van der Waals surface area contributed by atoms with Crippen molar-refractivity contribution < 1.29 is 224 Å². The summed E-state index contributed by atoms with van der Waals surface area (Å²) in [5.41, 5.74) is -26.9. The SMILES string of the molecule is [B]Cc1cc(C[B])c(C(=O)OC(CS(=O)(=O)[O-])(C(F)(F)F)C(F)(F)F)c(C[B])c1NC(C)=O.[B]Cc1ccc(C(=O)OC(CS(=O)(=O)[O-])(C(F)(F)F)C(F)(F)F)c(OC(C)=O)c1.[B]Cc1ccc(C(=O)OC(CS(=O)(=O)[O-])(C(F)(F)F)C(F)(F)F)cc1OC.[B]Cc1ccc(C(=O)OC(CS(=O)(=O)[O-])(C(F)(F)F)C(F)(F)F)cc1OC(C)=O. The first-order chi connectivity index (χ1) is 52.8. The van der Waals surface area contributed by atoms with Gasteiger partial charge in [-0.1, -0.05) is 67.7 Å². The Bertz CT molecular complexity index is 4760. The van der Waals surface area contributed by atoms with Gasteiger partial charge in [-0.05, 0) is 64.2 Å². The molecule has 12 radical (unpaired) electrons. The molecule has 61 heteroatoms. The lowest BCUT2D eigenvalue weighted by Crippen LogP contribution is -2.63. The van der Waals surface area contributed by atoms with Crippen LogP contribution < -0.4 is 19.5 Å². The van der Waals surface area contributed by atoms with Crippen molar-refractivity contribution in [3.8, 4) is 17.2 Å². The van der Waals surface area contributed by atoms with Gasteiger partial charge >= 0.3 is 108 Å². The lowest BCUT2D eigenvalue weighted by molar-refractivity contribution is -0.357. The Kier molecular flexibility index (Phi) is 35.7. The molecule has 1 N–H and O–H groups in total. The summed E-state index contributed by atoms with van der Waals surface area (Å²) in [6.07, 6.45) is -54.4. The van der Waals surface area contributed by atoms with Crippen LogP contribution in [-0.4, -0.2) is 243 Å². The zero-order valence-corrected chi connectivity index (χ0v) is 61.9. The number of amides is 1. The third-order valence-electron chi connectivity index (χ3n) is 14.3. The van der Waals surface area contributed by atoms with E-state index in [-0.39, 0.29) is 64.5 Å². The van der Waals surface area contributed by atoms with E-state index in [1.807, 2.05) is 0 Å². The molecule has 0 aliphatic carbocycles. The Morgan fingerprint density at radius 3 is 0.924 bits per heavy atom. The maximum Gasteiger partial charge on any atom is 0.438 e. The Balaban J connectivity index is 0.000000789. The van der Waals surface area contributed by atoms with Gasteiger partial charge < -0.3 is 56.7 Å². The molecule has 27 nitrogen and oxygen atoms in total. The fraction of sp³-hybridized carbons (Fsp3) is 0.456. The van der Waals surface area contributed by atoms with E-state index in [2.05, 4.69) is 33.7 Å². The highest BCUT2D eigenvalue weighted by Crippen LogP contribution is 2.52. The quantitative estimate of drug-likeness (QED) is 0.0168. The molecule has 0 aliphatic heterocycles. The first-order valence-electron chi connectivity index (χ1n) is 30.0. The maximum absolute atomic E-state index is 13.5. The van der Waals surface area contributed by atoms with E-state index in [1.54, 1.807) is 0 Å². The minimum atomic E-state index is -6.57. The molecule has 0 unspecified atom stereocenters. The van der Waals surface area contributed by atoms with Crippen molar-refractivity contribution in [2.75, 3.05) is 35.4 Å². The Labute approximate surface area is 656 Å². The van der Waals surface area contributed by atoms with Crippen LogP contribution >= 0.6 is 0 Å². The average molecular weight is 1810 g/mol. The molecule has 0 spiro atoms. The smallest absolute Gasteiger partial charge is 0.438 e. The Morgan fingerprint density at radius 1 is 0.356 bits per heavy atom. The van der Waals surface area contributed by atoms with Gasteiger partial charge in [-0.25, -0.2) is 52.8 Å². The molecular formula is C57H43B6F24NO26S4-4. The number of hydrogen-bond donors (Lipinski definition) is 1. The highest BCUT2D eigenvalue weighted by atomic mass is 32.2. The van der Waals surface area contributed by atoms with Crippen LogP contribution in [0, 0.1) is 0 Å². The Morgan fingerprint density at radius 2 is 0.653 bits per heavy atom. The van der Waals surface area contributed by atoms with Gasteiger partial charge in [0.1, 0.15) is 22.8 Å². The molecule has 1 amide bonds. The van der Waals surface area contributed by atoms with Crippen LogP contribution in [0.2, 0.25) is 0 Å². The fourth-order valence-electron chi connectivity index (χ4n) is 8.95. The highest BCUT2D eigenvalue weighted by Gasteiger charge is 2.78. The van der Waals surface area contributed by atoms with Crippen molar-refractivity contribution in [3.05, 3.63) is 116 Å². The van der Waals surface area contributed by atoms with Crippen LogP contribution in [0.5, 0.6) is 17.2 Å². The van der Waals surface area contributed by atoms with Crippen molar-refractivity contribution in [3.63, 3.8) is 0 Å². The van der Waals surface area contributed by atoms with Gasteiger partial charge in [0.2, 0.25) is 5.91 Å². The number of ether oxygens (including phenoxy) is 7. The van der Waals surface area contributed by atoms with Gasteiger partial charge in [0.15, 0.2) is 0 Å². The summed E-state index contributed by atoms with van der Waals surface area (Å²) in [6.45, 7) is 2.75. The van der Waals surface area contributed by atoms with Crippen molar-refractivity contribution in [1.82, 2.24) is 0 Å². The van der Waals surface area contributed by atoms with E-state index in [0.717, 1.165) is 70.3 Å². The van der Waals surface area contributed by atoms with Gasteiger partial charge in [0.05, 0.1) is 134 Å². The molecule has 4 aromatic carbocycles. The predicted octanol–water partition coefficient (Wildman–Crippen LogP) is 6.84. The van der Waals surface area contributed by atoms with Crippen LogP contribution in [0.25, 0.3) is 0 Å². The molecule has 0 atom stereocenters. The number of alkyl halides is 24. The number of anilines is 1. The standard InChI is InChI=1S/C16H14B3F6NO6S.2C14H11BF6O7S.C13H11BF6O6S/c1-7(27)26-12-9(4-18)2-8(3-17)11(10(12)5-19)13(28)32-14(15(20,21)22,16(23,24)25)6-33(29,30)31;1-7(22)27-10-4-8(2-3-9(10)5-15)11(23)28-12(13(16,17)18,14(19,20)21)6-29(24,25)26;1-7(22)27-10-4-8(5-15)2-3-9(10)11(23)28-12(13(16,17)18,14(19,20)21)6-29(24,25)26;1-25-9-4-7(2-3-8(9)5-14)10(21)26-11(12(15,16)17,13(18,19)20)6-27(22,23)24/h2H,3-6H2,1H3,(H,26,27)(H,29,30,31);2*2-4H,5-6H2,1H3,(H,24,25,26);2-4H,5-6H2,1H3,(H,22,23,24)/p-4. The van der Waals surface area contributed by atoms with E-state index in [1.165, 1.54) is 0 Å². The summed E-state index contributed by atoms with van der Waals surface area (Å²) in [5.74, 6) is -25.8. The number of nitrogens with one attached hydrogen (secondary N) is 1. The number of hydrogen-bond acceptors (Lipinski definition) is 26. The molecular weight excluding hydrogens is 1760 g/mol. The molecule has 4 rings (SSSR count). The Hall–Kier alpha value is -8.68. The molecule has 0 saturated carbocycles. The van der Waals surface area contributed by atoms with E-state index in [4.69, 9.17) is 51.8 Å². The summed E-state index contributed by atoms with van der Waals surface area (Å²) in [6, 6.07) is 8.47. The molecule has 0 bridgehead atoms. The van der Waals surface area contributed by atoms with Crippen molar-refractivity contribution >= 4 is 135 Å². The van der Waals surface area contributed by atoms with Crippen molar-refractivity contribution in [2.24, 2.45) is 0 Å². The van der Waals surface area contributed by atoms with Gasteiger partial charge in [-0.3, -0.25) is 14.4 Å². The van der Waals surface area contributed by atoms with E-state index >= 15 is 0 Å². The molecule has 118 heavy (non-hydrogen) atoms. The lowest BCUT2D eigenvalue weighted by Gasteiger charge is -2.37. The van der Waals surface area contributed by atoms with Crippen molar-refractivity contribution in [1.29, 1.82) is 0 Å². The van der Waals surface area contributed by atoms with Crippen LogP contribution in [0.3, 0.4) is 0 Å². The second-order valence-electron chi connectivity index (χ2n) is 22.9. The lowest BCUT2D eigenvalue weighted by atomic mass is 9.80. The van der Waals surface area contributed by atoms with Crippen LogP contribution in [-0.2, 0) is 112 Å². The minimum absolute atomic E-state index is 0.0665. The number of methoxy groups -OCH3 is 1. The number of carbonyl (C=O) groups excluding carboxylic acids is 7. The van der Waals surface area contributed by atoms with E-state index in [9.17, 15) is 191 Å². The zero-order valence-electron chi connectivity index (χ0n) is 58.6. The number of halogens is 24. The summed E-state index contributed by atoms with van der Waals surface area (Å²) < 4.78 is 475. The second kappa shape index (κ2) is 39.2. The average Bonchev–Trinajstić information content (AvgIpc) is 0.785. The fourth-order valence-corrected chi connectivity index (χ4v) is 12.5. The molecule has 0 aromatic heterocycles. The number of benzene rings is 4. The first-order valence-corrected chi connectivity index (χ1v) is 36.3. The molecule has 0 fully saturated rings. The monoisotopic (exact) mass is 1810 g/mol. The third kappa shape index (κ3) is 28.0. The topological polar surface area (TPSA) is 425 Å². The van der Waals surface area contributed by atoms with Crippen LogP contribution in [0.1, 0.15) is 95.6 Å². The van der Waals surface area contributed by atoms with Crippen LogP contribution in [0.15, 0.2) is 60.7 Å². The molecule has 646 valence electrons. The van der Waals surface area contributed by atoms with Gasteiger partial charge in [-0.15, -0.1) is 0 Å². The normalized spacial score (nSPS) is 13.1. The van der Waals surface area contributed by atoms with Gasteiger partial charge in [-0.2, -0.15) is 105 Å². The molecule has 0 aliphatic rings. The molecule has 0 saturated heterocycles. The summed E-state index contributed by atoms with van der Waals surface area (Å²) in [4.78, 5) is 82.3. The first kappa shape index (κ1) is 107. The van der Waals surface area contributed by atoms with E-state index < -0.39 is 229 Å². The second-order valence-corrected chi connectivity index (χ2v) is 28.5. The predicted molar refractivity (Wildman–Crippen MR) is 345 cm³/mol. The summed E-state index contributed by atoms with van der Waals surface area (Å²) >= 11 is 0. The number of carbonyl (C=O) groups is 7. The van der Waals surface area contributed by atoms with Gasteiger partial charge in [0, 0.05) is 26.5 Å². The zero-order chi connectivity index (χ0) is 92.9. The third-order valence-corrected chi connectivity index (χ3v) is 17.3. The largest absolute Gasteiger partial charge is 0.748 e. The highest BCUT2D eigenvalue weighted by molar-refractivity contribution is 7.86. The molecule has 4 aromatic rings. The molecule has 0 heterocycles. The summed E-state index contributed by atoms with van der Waals surface area (Å²) in [5, 5.41) is 2.21.